The summed E-state index contributed by atoms with van der Waals surface area (Å²) in [6.45, 7) is 6.26. The molecule has 0 aromatic heterocycles. The van der Waals surface area contributed by atoms with E-state index in [1.165, 1.54) is 6.92 Å². The number of allylic oxidation sites excluding steroid dienone is 4. The van der Waals surface area contributed by atoms with Crippen molar-refractivity contribution in [1.29, 1.82) is 0 Å². The average molecular weight is 227 g/mol. The van der Waals surface area contributed by atoms with E-state index in [1.54, 1.807) is 20.8 Å². The molecule has 0 unspecified atom stereocenters. The first-order valence-corrected chi connectivity index (χ1v) is 4.69. The van der Waals surface area contributed by atoms with E-state index in [0.717, 1.165) is 0 Å². The van der Waals surface area contributed by atoms with Crippen LogP contribution < -0.4 is 0 Å². The first kappa shape index (κ1) is 13.6. The van der Waals surface area contributed by atoms with Crippen molar-refractivity contribution in [1.82, 2.24) is 0 Å². The maximum atomic E-state index is 12.6. The lowest BCUT2D eigenvalue weighted by atomic mass is 10.0. The van der Waals surface area contributed by atoms with Crippen molar-refractivity contribution in [2.24, 2.45) is 0 Å². The number of halogens is 4. The lowest BCUT2D eigenvalue weighted by Gasteiger charge is -2.15. The van der Waals surface area contributed by atoms with Crippen LogP contribution in [-0.2, 0) is 0 Å². The fourth-order valence-corrected chi connectivity index (χ4v) is 1.25. The molecule has 0 N–H and O–H groups in total. The maximum absolute atomic E-state index is 12.6. The fourth-order valence-electron chi connectivity index (χ4n) is 0.981. The van der Waals surface area contributed by atoms with Gasteiger partial charge in [0.1, 0.15) is 0 Å². The molecular formula is C10H14ClF3. The van der Waals surface area contributed by atoms with E-state index in [-0.39, 0.29) is 10.6 Å². The Hall–Kier alpha value is -0.440. The second kappa shape index (κ2) is 4.87. The van der Waals surface area contributed by atoms with Gasteiger partial charge < -0.3 is 0 Å². The van der Waals surface area contributed by atoms with E-state index in [9.17, 15) is 13.2 Å². The minimum atomic E-state index is -4.37. The quantitative estimate of drug-likeness (QED) is 0.593. The Morgan fingerprint density at radius 1 is 1.14 bits per heavy atom. The number of alkyl halides is 3. The summed E-state index contributed by atoms with van der Waals surface area (Å²) in [7, 11) is 0. The first-order chi connectivity index (χ1) is 6.21. The van der Waals surface area contributed by atoms with Gasteiger partial charge in [0.25, 0.3) is 0 Å². The minimum absolute atomic E-state index is 0.183. The highest BCUT2D eigenvalue weighted by Crippen LogP contribution is 2.37. The summed E-state index contributed by atoms with van der Waals surface area (Å²) < 4.78 is 37.8. The van der Waals surface area contributed by atoms with Gasteiger partial charge in [0.15, 0.2) is 0 Å². The fraction of sp³-hybridized carbons (Fsp3) is 0.600. The predicted molar refractivity (Wildman–Crippen MR) is 53.3 cm³/mol. The van der Waals surface area contributed by atoms with Crippen molar-refractivity contribution in [3.8, 4) is 0 Å². The van der Waals surface area contributed by atoms with E-state index >= 15 is 0 Å². The summed E-state index contributed by atoms with van der Waals surface area (Å²) in [6, 6.07) is 0. The van der Waals surface area contributed by atoms with E-state index in [2.05, 4.69) is 0 Å². The third kappa shape index (κ3) is 3.37. The van der Waals surface area contributed by atoms with Crippen LogP contribution in [0.4, 0.5) is 13.2 Å². The summed E-state index contributed by atoms with van der Waals surface area (Å²) in [5.41, 5.74) is 0.0529. The van der Waals surface area contributed by atoms with Crippen LogP contribution in [-0.4, -0.2) is 6.18 Å². The largest absolute Gasteiger partial charge is 0.417 e. The summed E-state index contributed by atoms with van der Waals surface area (Å²) in [6.07, 6.45) is -4.02. The molecule has 0 rings (SSSR count). The lowest BCUT2D eigenvalue weighted by Crippen LogP contribution is -2.14. The van der Waals surface area contributed by atoms with Crippen LogP contribution in [0.2, 0.25) is 0 Å². The number of hydrogen-bond acceptors (Lipinski definition) is 0. The Morgan fingerprint density at radius 3 is 1.79 bits per heavy atom. The normalized spacial score (nSPS) is 13.7. The first-order valence-electron chi connectivity index (χ1n) is 4.32. The van der Waals surface area contributed by atoms with Gasteiger partial charge in [-0.2, -0.15) is 13.2 Å². The van der Waals surface area contributed by atoms with Crippen molar-refractivity contribution in [3.05, 3.63) is 21.8 Å². The van der Waals surface area contributed by atoms with Gasteiger partial charge in [-0.3, -0.25) is 0 Å². The molecule has 0 nitrogen and oxygen atoms in total. The SMILES string of the molecule is CC/C(C)=C(/C(Cl)=C(C)C)C(F)(F)F. The molecule has 4 heteroatoms. The lowest BCUT2D eigenvalue weighted by molar-refractivity contribution is -0.0896. The topological polar surface area (TPSA) is 0 Å². The summed E-state index contributed by atoms with van der Waals surface area (Å²) in [5.74, 6) is 0. The molecule has 14 heavy (non-hydrogen) atoms. The number of rotatable bonds is 2. The molecule has 0 radical (unpaired) electrons. The Morgan fingerprint density at radius 2 is 1.57 bits per heavy atom. The second-order valence-corrected chi connectivity index (χ2v) is 3.70. The zero-order valence-electron chi connectivity index (χ0n) is 8.72. The Labute approximate surface area is 87.4 Å². The number of hydrogen-bond donors (Lipinski definition) is 0. The van der Waals surface area contributed by atoms with E-state index < -0.39 is 11.7 Å². The van der Waals surface area contributed by atoms with Crippen molar-refractivity contribution >= 4 is 11.6 Å². The van der Waals surface area contributed by atoms with Gasteiger partial charge >= 0.3 is 6.18 Å². The molecule has 0 atom stereocenters. The molecule has 0 bridgehead atoms. The summed E-state index contributed by atoms with van der Waals surface area (Å²) in [4.78, 5) is 0. The maximum Gasteiger partial charge on any atom is 0.417 e. The molecule has 82 valence electrons. The van der Waals surface area contributed by atoms with E-state index in [4.69, 9.17) is 11.6 Å². The Balaban J connectivity index is 5.49. The van der Waals surface area contributed by atoms with E-state index in [0.29, 0.717) is 12.0 Å². The highest BCUT2D eigenvalue weighted by Gasteiger charge is 2.37. The monoisotopic (exact) mass is 226 g/mol. The van der Waals surface area contributed by atoms with Crippen LogP contribution in [0.15, 0.2) is 21.8 Å². The molecule has 0 aromatic carbocycles. The van der Waals surface area contributed by atoms with E-state index in [1.807, 2.05) is 0 Å². The standard InChI is InChI=1S/C10H14ClF3/c1-5-7(4)8(10(12,13)14)9(11)6(2)3/h5H2,1-4H3/b8-7-. The van der Waals surface area contributed by atoms with Crippen LogP contribution in [0.25, 0.3) is 0 Å². The Kier molecular flexibility index (Phi) is 4.72. The average Bonchev–Trinajstić information content (AvgIpc) is 2.01. The zero-order valence-corrected chi connectivity index (χ0v) is 9.47. The predicted octanol–water partition coefficient (Wildman–Crippen LogP) is 4.81. The van der Waals surface area contributed by atoms with Gasteiger partial charge in [0.2, 0.25) is 0 Å². The van der Waals surface area contributed by atoms with Crippen LogP contribution in [0.5, 0.6) is 0 Å². The van der Waals surface area contributed by atoms with Crippen molar-refractivity contribution in [2.45, 2.75) is 40.3 Å². The molecule has 0 saturated carbocycles. The molecule has 0 aliphatic rings. The molecule has 0 heterocycles. The van der Waals surface area contributed by atoms with Gasteiger partial charge in [-0.05, 0) is 27.2 Å². The Bertz CT molecular complexity index is 268. The molecular weight excluding hydrogens is 213 g/mol. The summed E-state index contributed by atoms with van der Waals surface area (Å²) in [5, 5.41) is -0.183. The molecule has 0 aromatic rings. The van der Waals surface area contributed by atoms with Crippen LogP contribution in [0.3, 0.4) is 0 Å². The van der Waals surface area contributed by atoms with Gasteiger partial charge in [-0.1, -0.05) is 29.7 Å². The van der Waals surface area contributed by atoms with Crippen LogP contribution in [0, 0.1) is 0 Å². The van der Waals surface area contributed by atoms with Gasteiger partial charge in [0.05, 0.1) is 10.6 Å². The molecule has 0 aliphatic heterocycles. The van der Waals surface area contributed by atoms with Crippen LogP contribution >= 0.6 is 11.6 Å². The van der Waals surface area contributed by atoms with Crippen LogP contribution in [0.1, 0.15) is 34.1 Å². The van der Waals surface area contributed by atoms with Gasteiger partial charge in [-0.25, -0.2) is 0 Å². The third-order valence-corrected chi connectivity index (χ3v) is 2.47. The molecule has 0 saturated heterocycles. The molecule has 0 aliphatic carbocycles. The van der Waals surface area contributed by atoms with Crippen molar-refractivity contribution < 1.29 is 13.2 Å². The molecule has 0 amide bonds. The highest BCUT2D eigenvalue weighted by molar-refractivity contribution is 6.32. The summed E-state index contributed by atoms with van der Waals surface area (Å²) >= 11 is 5.64. The zero-order chi connectivity index (χ0) is 11.5. The minimum Gasteiger partial charge on any atom is -0.166 e. The second-order valence-electron chi connectivity index (χ2n) is 3.32. The van der Waals surface area contributed by atoms with Crippen molar-refractivity contribution in [2.75, 3.05) is 0 Å². The molecule has 0 spiro atoms. The molecule has 0 fully saturated rings. The van der Waals surface area contributed by atoms with Gasteiger partial charge in [-0.15, -0.1) is 0 Å². The smallest absolute Gasteiger partial charge is 0.166 e. The van der Waals surface area contributed by atoms with Gasteiger partial charge in [0, 0.05) is 0 Å². The third-order valence-electron chi connectivity index (χ3n) is 1.90. The highest BCUT2D eigenvalue weighted by atomic mass is 35.5. The van der Waals surface area contributed by atoms with Crippen molar-refractivity contribution in [3.63, 3.8) is 0 Å².